The molecule has 1 fully saturated rings. The van der Waals surface area contributed by atoms with Gasteiger partial charge in [0, 0.05) is 38.4 Å². The molecule has 3 rings (SSSR count). The van der Waals surface area contributed by atoms with Crippen molar-refractivity contribution in [2.45, 2.75) is 37.4 Å². The molecular formula is C21H27F3N6O4S. The zero-order valence-electron chi connectivity index (χ0n) is 19.4. The van der Waals surface area contributed by atoms with Crippen LogP contribution in [0.4, 0.5) is 30.6 Å². The summed E-state index contributed by atoms with van der Waals surface area (Å²) in [4.78, 5) is 19.1. The van der Waals surface area contributed by atoms with Crippen LogP contribution in [-0.2, 0) is 25.7 Å². The second-order valence-corrected chi connectivity index (χ2v) is 10.5. The number of carbonyl (C=O) groups excluding carboxylic acids is 1. The number of rotatable bonds is 8. The molecule has 1 aliphatic rings. The van der Waals surface area contributed by atoms with Crippen molar-refractivity contribution in [3.8, 4) is 0 Å². The van der Waals surface area contributed by atoms with Gasteiger partial charge >= 0.3 is 6.18 Å². The Morgan fingerprint density at radius 2 is 1.77 bits per heavy atom. The summed E-state index contributed by atoms with van der Waals surface area (Å²) in [7, 11) is -3.68. The number of nitrogens with one attached hydrogen (secondary N) is 3. The molecule has 35 heavy (non-hydrogen) atoms. The van der Waals surface area contributed by atoms with E-state index in [1.165, 1.54) is 35.5 Å². The molecule has 0 aliphatic carbocycles. The summed E-state index contributed by atoms with van der Waals surface area (Å²) >= 11 is 0. The zero-order chi connectivity index (χ0) is 25.9. The molecule has 0 spiro atoms. The van der Waals surface area contributed by atoms with Crippen LogP contribution in [0.2, 0.25) is 0 Å². The number of sulfonamides is 1. The van der Waals surface area contributed by atoms with E-state index in [0.29, 0.717) is 25.1 Å². The zero-order valence-corrected chi connectivity index (χ0v) is 20.3. The van der Waals surface area contributed by atoms with Gasteiger partial charge in [-0.2, -0.15) is 22.5 Å². The number of amides is 1. The highest BCUT2D eigenvalue weighted by atomic mass is 32.2. The molecule has 2 heterocycles. The summed E-state index contributed by atoms with van der Waals surface area (Å²) in [6.07, 6.45) is -4.05. The summed E-state index contributed by atoms with van der Waals surface area (Å²) in [6.45, 7) is 5.76. The van der Waals surface area contributed by atoms with Gasteiger partial charge in [-0.05, 0) is 38.1 Å². The maximum absolute atomic E-state index is 13.5. The third-order valence-corrected chi connectivity index (χ3v) is 6.94. The third kappa shape index (κ3) is 7.02. The van der Waals surface area contributed by atoms with Crippen molar-refractivity contribution >= 4 is 33.4 Å². The van der Waals surface area contributed by atoms with E-state index >= 15 is 0 Å². The van der Waals surface area contributed by atoms with Gasteiger partial charge in [-0.1, -0.05) is 0 Å². The van der Waals surface area contributed by atoms with Crippen molar-refractivity contribution in [3.05, 3.63) is 36.0 Å². The molecule has 1 aliphatic heterocycles. The summed E-state index contributed by atoms with van der Waals surface area (Å²) in [6, 6.07) is 5.74. The van der Waals surface area contributed by atoms with Crippen molar-refractivity contribution < 1.29 is 31.1 Å². The Morgan fingerprint density at radius 3 is 2.34 bits per heavy atom. The lowest BCUT2D eigenvalue weighted by Gasteiger charge is -2.27. The Kier molecular flexibility index (Phi) is 7.87. The minimum absolute atomic E-state index is 0.0276. The number of anilines is 3. The fourth-order valence-electron chi connectivity index (χ4n) is 3.39. The van der Waals surface area contributed by atoms with Crippen LogP contribution in [0, 0.1) is 0 Å². The molecule has 10 nitrogen and oxygen atoms in total. The molecule has 1 aromatic carbocycles. The van der Waals surface area contributed by atoms with Gasteiger partial charge in [-0.25, -0.2) is 13.4 Å². The minimum atomic E-state index is -4.70. The second kappa shape index (κ2) is 10.3. The number of carbonyl (C=O) groups is 1. The van der Waals surface area contributed by atoms with Gasteiger partial charge < -0.3 is 20.7 Å². The summed E-state index contributed by atoms with van der Waals surface area (Å²) in [5, 5.41) is 8.06. The van der Waals surface area contributed by atoms with E-state index in [1.807, 2.05) is 0 Å². The summed E-state index contributed by atoms with van der Waals surface area (Å²) in [5.74, 6) is -0.904. The highest BCUT2D eigenvalue weighted by Crippen LogP contribution is 2.34. The Morgan fingerprint density at radius 1 is 1.14 bits per heavy atom. The lowest BCUT2D eigenvalue weighted by molar-refractivity contribution is -0.137. The minimum Gasteiger partial charge on any atom is -0.379 e. The van der Waals surface area contributed by atoms with Gasteiger partial charge in [0.1, 0.15) is 11.4 Å². The maximum atomic E-state index is 13.5. The van der Waals surface area contributed by atoms with Crippen LogP contribution in [0.3, 0.4) is 0 Å². The predicted molar refractivity (Wildman–Crippen MR) is 123 cm³/mol. The average molecular weight is 517 g/mol. The normalized spacial score (nSPS) is 15.5. The number of hydrogen-bond acceptors (Lipinski definition) is 8. The van der Waals surface area contributed by atoms with Gasteiger partial charge in [0.25, 0.3) is 0 Å². The number of halogens is 3. The van der Waals surface area contributed by atoms with E-state index in [0.717, 1.165) is 0 Å². The third-order valence-electron chi connectivity index (χ3n) is 5.02. The number of aromatic nitrogens is 2. The topological polar surface area (TPSA) is 126 Å². The van der Waals surface area contributed by atoms with Crippen LogP contribution in [0.25, 0.3) is 0 Å². The number of hydrogen-bond donors (Lipinski definition) is 3. The lowest BCUT2D eigenvalue weighted by atomic mass is 10.1. The van der Waals surface area contributed by atoms with Gasteiger partial charge in [-0.15, -0.1) is 0 Å². The molecule has 3 N–H and O–H groups in total. The van der Waals surface area contributed by atoms with E-state index in [1.54, 1.807) is 13.8 Å². The van der Waals surface area contributed by atoms with E-state index < -0.39 is 33.1 Å². The SMILES string of the molecule is CC(=O)NC(C)(C)CNc1nc(Nc2ccc(S(=O)(=O)N3CCOCC3)cc2)ncc1C(F)(F)F. The van der Waals surface area contributed by atoms with E-state index in [9.17, 15) is 26.4 Å². The Bertz CT molecular complexity index is 1150. The first-order chi connectivity index (χ1) is 16.3. The molecule has 0 saturated carbocycles. The van der Waals surface area contributed by atoms with Gasteiger partial charge in [0.2, 0.25) is 21.9 Å². The molecule has 1 amide bonds. The Labute approximate surface area is 201 Å². The molecule has 14 heteroatoms. The quantitative estimate of drug-likeness (QED) is 0.489. The number of benzene rings is 1. The first-order valence-electron chi connectivity index (χ1n) is 10.7. The van der Waals surface area contributed by atoms with Crippen molar-refractivity contribution in [1.82, 2.24) is 19.6 Å². The highest BCUT2D eigenvalue weighted by molar-refractivity contribution is 7.89. The number of ether oxygens (including phenoxy) is 1. The maximum Gasteiger partial charge on any atom is 0.421 e. The molecular weight excluding hydrogens is 489 g/mol. The van der Waals surface area contributed by atoms with Gasteiger partial charge in [0.15, 0.2) is 0 Å². The number of alkyl halides is 3. The molecule has 0 bridgehead atoms. The van der Waals surface area contributed by atoms with Crippen molar-refractivity contribution in [2.24, 2.45) is 0 Å². The van der Waals surface area contributed by atoms with Crippen LogP contribution in [-0.4, -0.2) is 67.0 Å². The van der Waals surface area contributed by atoms with Crippen LogP contribution in [0.1, 0.15) is 26.3 Å². The van der Waals surface area contributed by atoms with E-state index in [2.05, 4.69) is 25.9 Å². The van der Waals surface area contributed by atoms with Gasteiger partial charge in [-0.3, -0.25) is 4.79 Å². The smallest absolute Gasteiger partial charge is 0.379 e. The van der Waals surface area contributed by atoms with Crippen molar-refractivity contribution in [2.75, 3.05) is 43.5 Å². The molecule has 2 aromatic rings. The largest absolute Gasteiger partial charge is 0.421 e. The predicted octanol–water partition coefficient (Wildman–Crippen LogP) is 2.59. The van der Waals surface area contributed by atoms with Crippen LogP contribution in [0.15, 0.2) is 35.4 Å². The van der Waals surface area contributed by atoms with Crippen LogP contribution >= 0.6 is 0 Å². The summed E-state index contributed by atoms with van der Waals surface area (Å²) < 4.78 is 72.4. The van der Waals surface area contributed by atoms with Crippen molar-refractivity contribution in [3.63, 3.8) is 0 Å². The molecule has 0 atom stereocenters. The molecule has 0 radical (unpaired) electrons. The molecule has 192 valence electrons. The molecule has 1 aromatic heterocycles. The van der Waals surface area contributed by atoms with Gasteiger partial charge in [0.05, 0.1) is 23.6 Å². The fourth-order valence-corrected chi connectivity index (χ4v) is 4.79. The van der Waals surface area contributed by atoms with Crippen molar-refractivity contribution in [1.29, 1.82) is 0 Å². The second-order valence-electron chi connectivity index (χ2n) is 8.54. The first-order valence-corrected chi connectivity index (χ1v) is 12.1. The fraction of sp³-hybridized carbons (Fsp3) is 0.476. The highest BCUT2D eigenvalue weighted by Gasteiger charge is 2.36. The molecule has 0 unspecified atom stereocenters. The number of nitrogens with zero attached hydrogens (tertiary/aromatic N) is 3. The summed E-state index contributed by atoms with van der Waals surface area (Å²) in [5.41, 5.74) is -1.52. The van der Waals surface area contributed by atoms with Crippen LogP contribution < -0.4 is 16.0 Å². The molecule has 1 saturated heterocycles. The Hall–Kier alpha value is -2.97. The van der Waals surface area contributed by atoms with E-state index in [4.69, 9.17) is 4.74 Å². The van der Waals surface area contributed by atoms with Crippen LogP contribution in [0.5, 0.6) is 0 Å². The van der Waals surface area contributed by atoms with E-state index in [-0.39, 0.29) is 36.4 Å². The lowest BCUT2D eigenvalue weighted by Crippen LogP contribution is -2.47. The average Bonchev–Trinajstić information content (AvgIpc) is 2.77. The monoisotopic (exact) mass is 516 g/mol. The standard InChI is InChI=1S/C21H27F3N6O4S/c1-14(31)29-20(2,3)13-26-18-17(21(22,23)24)12-25-19(28-18)27-15-4-6-16(7-5-15)35(32,33)30-8-10-34-11-9-30/h4-7,12H,8-11,13H2,1-3H3,(H,29,31)(H2,25,26,27,28). The Balaban J connectivity index is 1.78. The number of morpholine rings is 1. The first kappa shape index (κ1) is 26.6.